The summed E-state index contributed by atoms with van der Waals surface area (Å²) in [5, 5.41) is 9.94. The Labute approximate surface area is 142 Å². The Bertz CT molecular complexity index is 710. The summed E-state index contributed by atoms with van der Waals surface area (Å²) in [5.41, 5.74) is -0.185. The minimum atomic E-state index is -0.185. The van der Waals surface area contributed by atoms with E-state index in [1.807, 2.05) is 18.2 Å². The Kier molecular flexibility index (Phi) is 5.45. The average Bonchev–Trinajstić information content (AvgIpc) is 3.33. The maximum atomic E-state index is 11.9. The number of nitrogens with one attached hydrogen (secondary N) is 2. The van der Waals surface area contributed by atoms with Gasteiger partial charge in [0.15, 0.2) is 5.16 Å². The molecule has 1 heterocycles. The SMILES string of the molecule is O=C(CSc1n[nH]c(=O)n1C1CC1)NCCSc1ccccc1. The molecule has 23 heavy (non-hydrogen) atoms. The number of aromatic nitrogens is 3. The molecule has 1 fully saturated rings. The van der Waals surface area contributed by atoms with Crippen LogP contribution < -0.4 is 11.0 Å². The average molecular weight is 350 g/mol. The first-order chi connectivity index (χ1) is 11.2. The van der Waals surface area contributed by atoms with Gasteiger partial charge in [0.25, 0.3) is 0 Å². The van der Waals surface area contributed by atoms with Crippen molar-refractivity contribution in [1.29, 1.82) is 0 Å². The predicted octanol–water partition coefficient (Wildman–Crippen LogP) is 1.91. The Morgan fingerprint density at radius 1 is 1.30 bits per heavy atom. The van der Waals surface area contributed by atoms with Crippen molar-refractivity contribution < 1.29 is 4.79 Å². The lowest BCUT2D eigenvalue weighted by Gasteiger charge is -2.05. The van der Waals surface area contributed by atoms with Crippen molar-refractivity contribution >= 4 is 29.4 Å². The Hall–Kier alpha value is -1.67. The van der Waals surface area contributed by atoms with E-state index in [-0.39, 0.29) is 23.4 Å². The number of thioether (sulfide) groups is 2. The van der Waals surface area contributed by atoms with Gasteiger partial charge in [0.05, 0.1) is 5.75 Å². The molecule has 0 bridgehead atoms. The maximum Gasteiger partial charge on any atom is 0.344 e. The second kappa shape index (κ2) is 7.74. The summed E-state index contributed by atoms with van der Waals surface area (Å²) in [5.74, 6) is 1.06. The Morgan fingerprint density at radius 2 is 2.09 bits per heavy atom. The minimum Gasteiger partial charge on any atom is -0.355 e. The van der Waals surface area contributed by atoms with E-state index in [2.05, 4.69) is 27.6 Å². The summed E-state index contributed by atoms with van der Waals surface area (Å²) in [7, 11) is 0. The van der Waals surface area contributed by atoms with E-state index in [1.54, 1.807) is 16.3 Å². The molecule has 1 saturated carbocycles. The first kappa shape index (κ1) is 16.2. The van der Waals surface area contributed by atoms with E-state index in [1.165, 1.54) is 16.7 Å². The zero-order chi connectivity index (χ0) is 16.1. The third-order valence-electron chi connectivity index (χ3n) is 3.35. The standard InChI is InChI=1S/C15H18N4O2S2/c20-13(16-8-9-22-12-4-2-1-3-5-12)10-23-15-18-17-14(21)19(15)11-6-7-11/h1-5,11H,6-10H2,(H,16,20)(H,17,21). The molecule has 1 aromatic heterocycles. The van der Waals surface area contributed by atoms with E-state index < -0.39 is 0 Å². The van der Waals surface area contributed by atoms with Crippen molar-refractivity contribution in [3.63, 3.8) is 0 Å². The first-order valence-corrected chi connectivity index (χ1v) is 9.45. The van der Waals surface area contributed by atoms with Gasteiger partial charge in [-0.3, -0.25) is 9.36 Å². The fourth-order valence-electron chi connectivity index (χ4n) is 2.10. The molecule has 8 heteroatoms. The van der Waals surface area contributed by atoms with Gasteiger partial charge < -0.3 is 5.32 Å². The van der Waals surface area contributed by atoms with Crippen LogP contribution in [0.25, 0.3) is 0 Å². The van der Waals surface area contributed by atoms with Crippen LogP contribution >= 0.6 is 23.5 Å². The molecule has 1 aliphatic carbocycles. The lowest BCUT2D eigenvalue weighted by Crippen LogP contribution is -2.27. The molecule has 0 spiro atoms. The molecule has 122 valence electrons. The molecular weight excluding hydrogens is 332 g/mol. The number of carbonyl (C=O) groups is 1. The summed E-state index contributed by atoms with van der Waals surface area (Å²) in [6, 6.07) is 10.4. The molecule has 6 nitrogen and oxygen atoms in total. The second-order valence-corrected chi connectivity index (χ2v) is 7.32. The van der Waals surface area contributed by atoms with Crippen LogP contribution in [0.15, 0.2) is 45.2 Å². The molecular formula is C15H18N4O2S2. The molecule has 0 unspecified atom stereocenters. The van der Waals surface area contributed by atoms with Crippen LogP contribution in [-0.2, 0) is 4.79 Å². The molecule has 2 aromatic rings. The van der Waals surface area contributed by atoms with E-state index in [0.29, 0.717) is 11.7 Å². The minimum absolute atomic E-state index is 0.0403. The van der Waals surface area contributed by atoms with Gasteiger partial charge in [-0.1, -0.05) is 30.0 Å². The predicted molar refractivity (Wildman–Crippen MR) is 92.0 cm³/mol. The van der Waals surface area contributed by atoms with Gasteiger partial charge in [-0.05, 0) is 25.0 Å². The van der Waals surface area contributed by atoms with Gasteiger partial charge in [0, 0.05) is 23.2 Å². The van der Waals surface area contributed by atoms with Gasteiger partial charge >= 0.3 is 5.69 Å². The van der Waals surface area contributed by atoms with Crippen molar-refractivity contribution in [2.24, 2.45) is 0 Å². The number of hydrogen-bond acceptors (Lipinski definition) is 5. The number of carbonyl (C=O) groups excluding carboxylic acids is 1. The summed E-state index contributed by atoms with van der Waals surface area (Å²) in [6.45, 7) is 0.620. The van der Waals surface area contributed by atoms with E-state index in [0.717, 1.165) is 18.6 Å². The van der Waals surface area contributed by atoms with Gasteiger partial charge in [-0.25, -0.2) is 9.89 Å². The summed E-state index contributed by atoms with van der Waals surface area (Å²) in [4.78, 5) is 24.7. The highest BCUT2D eigenvalue weighted by atomic mass is 32.2. The molecule has 0 aliphatic heterocycles. The second-order valence-electron chi connectivity index (χ2n) is 5.21. The summed E-state index contributed by atoms with van der Waals surface area (Å²) >= 11 is 3.01. The van der Waals surface area contributed by atoms with Crippen LogP contribution in [0, 0.1) is 0 Å². The van der Waals surface area contributed by atoms with E-state index >= 15 is 0 Å². The highest BCUT2D eigenvalue weighted by molar-refractivity contribution is 7.99. The first-order valence-electron chi connectivity index (χ1n) is 7.48. The lowest BCUT2D eigenvalue weighted by molar-refractivity contribution is -0.118. The monoisotopic (exact) mass is 350 g/mol. The highest BCUT2D eigenvalue weighted by Gasteiger charge is 2.28. The quantitative estimate of drug-likeness (QED) is 0.561. The van der Waals surface area contributed by atoms with Crippen LogP contribution in [0.1, 0.15) is 18.9 Å². The third kappa shape index (κ3) is 4.65. The topological polar surface area (TPSA) is 79.8 Å². The number of amides is 1. The van der Waals surface area contributed by atoms with Crippen LogP contribution in [0.3, 0.4) is 0 Å². The lowest BCUT2D eigenvalue weighted by atomic mass is 10.4. The van der Waals surface area contributed by atoms with E-state index in [4.69, 9.17) is 0 Å². The number of benzene rings is 1. The largest absolute Gasteiger partial charge is 0.355 e. The maximum absolute atomic E-state index is 11.9. The van der Waals surface area contributed by atoms with Crippen molar-refractivity contribution in [3.8, 4) is 0 Å². The Balaban J connectivity index is 1.38. The van der Waals surface area contributed by atoms with Gasteiger partial charge in [0.1, 0.15) is 0 Å². The number of H-pyrrole nitrogens is 1. The van der Waals surface area contributed by atoms with Crippen LogP contribution in [0.4, 0.5) is 0 Å². The molecule has 3 rings (SSSR count). The highest BCUT2D eigenvalue weighted by Crippen LogP contribution is 2.35. The molecule has 0 atom stereocenters. The van der Waals surface area contributed by atoms with Gasteiger partial charge in [0.2, 0.25) is 5.91 Å². The number of aromatic amines is 1. The summed E-state index contributed by atoms with van der Waals surface area (Å²) < 4.78 is 1.66. The molecule has 0 radical (unpaired) electrons. The van der Waals surface area contributed by atoms with Crippen molar-refractivity contribution in [1.82, 2.24) is 20.1 Å². The Morgan fingerprint density at radius 3 is 2.83 bits per heavy atom. The molecule has 1 aliphatic rings. The van der Waals surface area contributed by atoms with Gasteiger partial charge in [-0.2, -0.15) is 0 Å². The van der Waals surface area contributed by atoms with Crippen molar-refractivity contribution in [3.05, 3.63) is 40.8 Å². The summed E-state index contributed by atoms with van der Waals surface area (Å²) in [6.07, 6.45) is 2.02. The smallest absolute Gasteiger partial charge is 0.344 e. The van der Waals surface area contributed by atoms with Crippen LogP contribution in [-0.4, -0.2) is 38.7 Å². The van der Waals surface area contributed by atoms with Gasteiger partial charge in [-0.15, -0.1) is 16.9 Å². The number of nitrogens with zero attached hydrogens (tertiary/aromatic N) is 2. The normalized spacial score (nSPS) is 13.9. The van der Waals surface area contributed by atoms with E-state index in [9.17, 15) is 9.59 Å². The van der Waals surface area contributed by atoms with Crippen molar-refractivity contribution in [2.75, 3.05) is 18.1 Å². The zero-order valence-electron chi connectivity index (χ0n) is 12.5. The zero-order valence-corrected chi connectivity index (χ0v) is 14.2. The fourth-order valence-corrected chi connectivity index (χ4v) is 3.74. The molecule has 2 N–H and O–H groups in total. The van der Waals surface area contributed by atoms with Crippen LogP contribution in [0.5, 0.6) is 0 Å². The molecule has 1 aromatic carbocycles. The van der Waals surface area contributed by atoms with Crippen molar-refractivity contribution in [2.45, 2.75) is 28.9 Å². The molecule has 1 amide bonds. The number of hydrogen-bond donors (Lipinski definition) is 2. The fraction of sp³-hybridized carbons (Fsp3) is 0.400. The number of rotatable bonds is 8. The molecule has 0 saturated heterocycles. The van der Waals surface area contributed by atoms with Crippen LogP contribution in [0.2, 0.25) is 0 Å². The third-order valence-corrected chi connectivity index (χ3v) is 5.32.